The third-order valence-electron chi connectivity index (χ3n) is 1.44. The number of para-hydroxylation sites is 1. The average Bonchev–Trinajstić information content (AvgIpc) is 2.05. The van der Waals surface area contributed by atoms with Crippen LogP contribution in [0.2, 0.25) is 0 Å². The quantitative estimate of drug-likeness (QED) is 0.528. The van der Waals surface area contributed by atoms with E-state index in [1.807, 2.05) is 0 Å². The van der Waals surface area contributed by atoms with Crippen molar-refractivity contribution in [2.24, 2.45) is 0 Å². The maximum absolute atomic E-state index is 11.3. The molecular formula is C8H11NO2S. The fourth-order valence-corrected chi connectivity index (χ4v) is 1.83. The number of nitrogen functional groups attached to an aromatic ring is 1. The van der Waals surface area contributed by atoms with Crippen LogP contribution in [-0.4, -0.2) is 22.0 Å². The number of aliphatic hydroxyl groups is 1. The molecule has 66 valence electrons. The van der Waals surface area contributed by atoms with E-state index in [0.717, 1.165) is 0 Å². The Morgan fingerprint density at radius 3 is 2.67 bits per heavy atom. The normalized spacial score (nSPS) is 12.8. The van der Waals surface area contributed by atoms with Crippen LogP contribution in [0.5, 0.6) is 0 Å². The van der Waals surface area contributed by atoms with Gasteiger partial charge < -0.3 is 15.4 Å². The van der Waals surface area contributed by atoms with Crippen molar-refractivity contribution in [1.82, 2.24) is 0 Å². The topological polar surface area (TPSA) is 69.3 Å². The molecule has 0 amide bonds. The summed E-state index contributed by atoms with van der Waals surface area (Å²) >= 11 is -1.17. The molecule has 12 heavy (non-hydrogen) atoms. The van der Waals surface area contributed by atoms with E-state index in [-0.39, 0.29) is 12.4 Å². The molecule has 0 bridgehead atoms. The molecule has 0 heterocycles. The van der Waals surface area contributed by atoms with Gasteiger partial charge in [0.05, 0.1) is 12.3 Å². The molecule has 4 heteroatoms. The Labute approximate surface area is 74.4 Å². The maximum Gasteiger partial charge on any atom is 0.175 e. The van der Waals surface area contributed by atoms with E-state index in [0.29, 0.717) is 10.6 Å². The van der Waals surface area contributed by atoms with Gasteiger partial charge in [-0.15, -0.1) is 0 Å². The zero-order valence-corrected chi connectivity index (χ0v) is 7.38. The highest BCUT2D eigenvalue weighted by atomic mass is 32.2. The van der Waals surface area contributed by atoms with Crippen LogP contribution < -0.4 is 5.73 Å². The third-order valence-corrected chi connectivity index (χ3v) is 2.86. The monoisotopic (exact) mass is 185 g/mol. The van der Waals surface area contributed by atoms with Crippen LogP contribution in [0, 0.1) is 0 Å². The van der Waals surface area contributed by atoms with E-state index in [2.05, 4.69) is 0 Å². The summed E-state index contributed by atoms with van der Waals surface area (Å²) in [6.07, 6.45) is 0. The SMILES string of the molecule is Nc1ccccc1[S+]([O-])CCO. The van der Waals surface area contributed by atoms with Crippen molar-refractivity contribution in [3.05, 3.63) is 24.3 Å². The number of anilines is 1. The van der Waals surface area contributed by atoms with Crippen LogP contribution in [0.25, 0.3) is 0 Å². The number of benzene rings is 1. The van der Waals surface area contributed by atoms with Crippen molar-refractivity contribution < 1.29 is 9.66 Å². The smallest absolute Gasteiger partial charge is 0.175 e. The summed E-state index contributed by atoms with van der Waals surface area (Å²) in [5.74, 6) is 0.244. The lowest BCUT2D eigenvalue weighted by molar-refractivity contribution is 0.319. The molecule has 0 spiro atoms. The molecule has 0 radical (unpaired) electrons. The van der Waals surface area contributed by atoms with Gasteiger partial charge in [-0.1, -0.05) is 12.1 Å². The first kappa shape index (κ1) is 9.38. The molecule has 3 nitrogen and oxygen atoms in total. The van der Waals surface area contributed by atoms with Gasteiger partial charge in [-0.2, -0.15) is 0 Å². The van der Waals surface area contributed by atoms with E-state index in [1.54, 1.807) is 24.3 Å². The highest BCUT2D eigenvalue weighted by Crippen LogP contribution is 2.18. The van der Waals surface area contributed by atoms with Crippen molar-refractivity contribution in [2.45, 2.75) is 4.90 Å². The second-order valence-corrected chi connectivity index (χ2v) is 3.85. The number of aliphatic hydroxyl groups excluding tert-OH is 1. The molecule has 0 saturated heterocycles. The van der Waals surface area contributed by atoms with E-state index in [9.17, 15) is 4.55 Å². The maximum atomic E-state index is 11.3. The van der Waals surface area contributed by atoms with Gasteiger partial charge in [0.15, 0.2) is 4.90 Å². The third kappa shape index (κ3) is 2.14. The van der Waals surface area contributed by atoms with E-state index < -0.39 is 11.2 Å². The standard InChI is InChI=1S/C8H11NO2S/c9-7-3-1-2-4-8(7)12(11)6-5-10/h1-4,10H,5-6,9H2. The fraction of sp³-hybridized carbons (Fsp3) is 0.250. The first-order valence-corrected chi connectivity index (χ1v) is 4.91. The molecule has 3 N–H and O–H groups in total. The highest BCUT2D eigenvalue weighted by Gasteiger charge is 2.12. The fourth-order valence-electron chi connectivity index (χ4n) is 0.881. The molecule has 0 aromatic heterocycles. The minimum absolute atomic E-state index is 0.0824. The number of nitrogens with two attached hydrogens (primary N) is 1. The summed E-state index contributed by atoms with van der Waals surface area (Å²) < 4.78 is 11.3. The Morgan fingerprint density at radius 1 is 1.42 bits per heavy atom. The van der Waals surface area contributed by atoms with E-state index >= 15 is 0 Å². The Balaban J connectivity index is 2.79. The zero-order valence-electron chi connectivity index (χ0n) is 6.56. The Kier molecular flexibility index (Phi) is 3.40. The van der Waals surface area contributed by atoms with Gasteiger partial charge in [0.1, 0.15) is 5.75 Å². The van der Waals surface area contributed by atoms with Gasteiger partial charge in [-0.25, -0.2) is 0 Å². The molecule has 1 aromatic rings. The second kappa shape index (κ2) is 4.35. The molecule has 1 unspecified atom stereocenters. The van der Waals surface area contributed by atoms with Crippen molar-refractivity contribution in [3.63, 3.8) is 0 Å². The molecule has 0 saturated carbocycles. The van der Waals surface area contributed by atoms with Gasteiger partial charge in [-0.3, -0.25) is 0 Å². The molecule has 0 aliphatic carbocycles. The second-order valence-electron chi connectivity index (χ2n) is 2.31. The van der Waals surface area contributed by atoms with E-state index in [4.69, 9.17) is 10.8 Å². The summed E-state index contributed by atoms with van der Waals surface area (Å²) in [6.45, 7) is -0.0824. The van der Waals surface area contributed by atoms with Crippen LogP contribution in [0.15, 0.2) is 29.2 Å². The lowest BCUT2D eigenvalue weighted by Crippen LogP contribution is -2.11. The Bertz CT molecular complexity index is 255. The molecule has 1 atom stereocenters. The number of hydrogen-bond donors (Lipinski definition) is 2. The molecule has 0 fully saturated rings. The van der Waals surface area contributed by atoms with Crippen LogP contribution in [0.1, 0.15) is 0 Å². The predicted octanol–water partition coefficient (Wildman–Crippen LogP) is 0.369. The molecular weight excluding hydrogens is 174 g/mol. The lowest BCUT2D eigenvalue weighted by atomic mass is 10.3. The molecule has 1 rings (SSSR count). The summed E-state index contributed by atoms with van der Waals surface area (Å²) in [6, 6.07) is 6.97. The van der Waals surface area contributed by atoms with Crippen molar-refractivity contribution >= 4 is 16.9 Å². The Morgan fingerprint density at radius 2 is 2.08 bits per heavy atom. The first-order valence-electron chi connectivity index (χ1n) is 3.59. The van der Waals surface area contributed by atoms with Crippen molar-refractivity contribution in [2.75, 3.05) is 18.1 Å². The first-order chi connectivity index (χ1) is 5.75. The summed E-state index contributed by atoms with van der Waals surface area (Å²) in [4.78, 5) is 0.603. The minimum Gasteiger partial charge on any atom is -0.611 e. The largest absolute Gasteiger partial charge is 0.611 e. The van der Waals surface area contributed by atoms with Crippen LogP contribution >= 0.6 is 0 Å². The van der Waals surface area contributed by atoms with Gasteiger partial charge >= 0.3 is 0 Å². The Hall–Kier alpha value is -0.710. The van der Waals surface area contributed by atoms with Crippen molar-refractivity contribution in [3.8, 4) is 0 Å². The van der Waals surface area contributed by atoms with Gasteiger partial charge in [-0.05, 0) is 23.3 Å². The van der Waals surface area contributed by atoms with Gasteiger partial charge in [0.2, 0.25) is 0 Å². The van der Waals surface area contributed by atoms with Gasteiger partial charge in [0.25, 0.3) is 0 Å². The summed E-state index contributed by atoms with van der Waals surface area (Å²) in [5.41, 5.74) is 6.09. The highest BCUT2D eigenvalue weighted by molar-refractivity contribution is 7.91. The van der Waals surface area contributed by atoms with E-state index in [1.165, 1.54) is 0 Å². The summed E-state index contributed by atoms with van der Waals surface area (Å²) in [7, 11) is 0. The minimum atomic E-state index is -1.17. The number of rotatable bonds is 3. The molecule has 0 aliphatic heterocycles. The van der Waals surface area contributed by atoms with Crippen LogP contribution in [0.3, 0.4) is 0 Å². The molecule has 0 aliphatic rings. The predicted molar refractivity (Wildman–Crippen MR) is 49.2 cm³/mol. The van der Waals surface area contributed by atoms with Gasteiger partial charge in [0, 0.05) is 0 Å². The number of hydrogen-bond acceptors (Lipinski definition) is 3. The van der Waals surface area contributed by atoms with Crippen LogP contribution in [0.4, 0.5) is 5.69 Å². The lowest BCUT2D eigenvalue weighted by Gasteiger charge is -2.10. The summed E-state index contributed by atoms with van der Waals surface area (Å²) in [5, 5.41) is 8.56. The zero-order chi connectivity index (χ0) is 8.97. The van der Waals surface area contributed by atoms with Crippen molar-refractivity contribution in [1.29, 1.82) is 0 Å². The average molecular weight is 185 g/mol. The molecule has 1 aromatic carbocycles. The van der Waals surface area contributed by atoms with Crippen LogP contribution in [-0.2, 0) is 11.2 Å².